The molecule has 0 aromatic heterocycles. The molecular weight excluding hydrogens is 458 g/mol. The number of nitrogens with one attached hydrogen (secondary N) is 1. The predicted molar refractivity (Wildman–Crippen MR) is 130 cm³/mol. The minimum Gasteiger partial charge on any atom is -0.495 e. The Balaban J connectivity index is 1.97. The average molecular weight is 484 g/mol. The van der Waals surface area contributed by atoms with Crippen molar-refractivity contribution < 1.29 is 22.9 Å². The van der Waals surface area contributed by atoms with E-state index < -0.39 is 27.4 Å². The second-order valence-electron chi connectivity index (χ2n) is 7.53. The number of nitro benzene ring substituents is 1. The van der Waals surface area contributed by atoms with Crippen LogP contribution in [0, 0.1) is 17.0 Å². The van der Waals surface area contributed by atoms with Gasteiger partial charge in [0.05, 0.1) is 28.3 Å². The average Bonchev–Trinajstić information content (AvgIpc) is 2.82. The summed E-state index contributed by atoms with van der Waals surface area (Å²) < 4.78 is 33.2. The van der Waals surface area contributed by atoms with Crippen LogP contribution in [0.4, 0.5) is 17.1 Å². The molecule has 3 aromatic carbocycles. The van der Waals surface area contributed by atoms with E-state index in [0.717, 1.165) is 27.9 Å². The number of non-ortho nitro benzene ring substituents is 1. The highest BCUT2D eigenvalue weighted by Crippen LogP contribution is 2.30. The lowest BCUT2D eigenvalue weighted by Crippen LogP contribution is -2.38. The van der Waals surface area contributed by atoms with Gasteiger partial charge in [0.2, 0.25) is 5.91 Å². The van der Waals surface area contributed by atoms with Crippen molar-refractivity contribution in [2.75, 3.05) is 23.3 Å². The summed E-state index contributed by atoms with van der Waals surface area (Å²) in [6.07, 6.45) is 0.776. The quantitative estimate of drug-likeness (QED) is 0.358. The molecule has 0 saturated carbocycles. The molecule has 0 bridgehead atoms. The van der Waals surface area contributed by atoms with Crippen LogP contribution < -0.4 is 14.4 Å². The van der Waals surface area contributed by atoms with Crippen molar-refractivity contribution in [1.82, 2.24) is 0 Å². The van der Waals surface area contributed by atoms with Gasteiger partial charge in [-0.05, 0) is 49.2 Å². The van der Waals surface area contributed by atoms with E-state index in [2.05, 4.69) is 5.32 Å². The van der Waals surface area contributed by atoms with E-state index in [1.165, 1.54) is 31.4 Å². The number of amides is 1. The van der Waals surface area contributed by atoms with Gasteiger partial charge in [0.15, 0.2) is 0 Å². The molecule has 3 rings (SSSR count). The van der Waals surface area contributed by atoms with E-state index >= 15 is 0 Å². The van der Waals surface area contributed by atoms with Gasteiger partial charge < -0.3 is 10.1 Å². The Morgan fingerprint density at radius 3 is 2.26 bits per heavy atom. The van der Waals surface area contributed by atoms with E-state index in [9.17, 15) is 23.3 Å². The summed E-state index contributed by atoms with van der Waals surface area (Å²) >= 11 is 0. The summed E-state index contributed by atoms with van der Waals surface area (Å²) in [4.78, 5) is 23.5. The maximum atomic E-state index is 13.5. The fourth-order valence-electron chi connectivity index (χ4n) is 3.28. The third-order valence-electron chi connectivity index (χ3n) is 5.20. The molecule has 0 radical (unpaired) electrons. The number of carbonyl (C=O) groups is 1. The number of benzene rings is 3. The molecular formula is C24H25N3O6S. The highest BCUT2D eigenvalue weighted by Gasteiger charge is 2.28. The monoisotopic (exact) mass is 483 g/mol. The number of nitrogens with zero attached hydrogens (tertiary/aromatic N) is 2. The van der Waals surface area contributed by atoms with Gasteiger partial charge in [-0.25, -0.2) is 8.42 Å². The van der Waals surface area contributed by atoms with Crippen molar-refractivity contribution in [2.24, 2.45) is 0 Å². The number of methoxy groups -OCH3 is 1. The van der Waals surface area contributed by atoms with Gasteiger partial charge in [-0.15, -0.1) is 0 Å². The van der Waals surface area contributed by atoms with Gasteiger partial charge in [0, 0.05) is 12.1 Å². The Hall–Kier alpha value is -3.92. The number of nitro groups is 1. The summed E-state index contributed by atoms with van der Waals surface area (Å²) in [5.74, 6) is -0.478. The van der Waals surface area contributed by atoms with Crippen LogP contribution in [0.2, 0.25) is 0 Å². The number of carbonyl (C=O) groups excluding carboxylic acids is 1. The largest absolute Gasteiger partial charge is 0.495 e. The molecule has 9 nitrogen and oxygen atoms in total. The summed E-state index contributed by atoms with van der Waals surface area (Å²) in [5, 5.41) is 13.7. The van der Waals surface area contributed by atoms with Crippen LogP contribution in [0.15, 0.2) is 71.6 Å². The maximum Gasteiger partial charge on any atom is 0.271 e. The molecule has 34 heavy (non-hydrogen) atoms. The minimum absolute atomic E-state index is 0.0402. The first kappa shape index (κ1) is 24.7. The molecule has 0 aliphatic heterocycles. The molecule has 0 spiro atoms. The van der Waals surface area contributed by atoms with Crippen molar-refractivity contribution in [3.8, 4) is 5.75 Å². The highest BCUT2D eigenvalue weighted by atomic mass is 32.2. The SMILES string of the molecule is CCc1ccc(N(CC(=O)Nc2cc([N+](=O)[O-])ccc2OC)S(=O)(=O)c2ccc(C)cc2)cc1. The number of ether oxygens (including phenoxy) is 1. The second-order valence-corrected chi connectivity index (χ2v) is 9.40. The summed E-state index contributed by atoms with van der Waals surface area (Å²) in [6.45, 7) is 3.28. The number of rotatable bonds is 9. The van der Waals surface area contributed by atoms with E-state index in [4.69, 9.17) is 4.74 Å². The molecule has 0 unspecified atom stereocenters. The molecule has 0 saturated heterocycles. The first-order valence-corrected chi connectivity index (χ1v) is 11.9. The van der Waals surface area contributed by atoms with E-state index in [0.29, 0.717) is 5.69 Å². The summed E-state index contributed by atoms with van der Waals surface area (Å²) in [6, 6.07) is 17.0. The maximum absolute atomic E-state index is 13.5. The normalized spacial score (nSPS) is 11.0. The van der Waals surface area contributed by atoms with Gasteiger partial charge in [-0.2, -0.15) is 0 Å². The lowest BCUT2D eigenvalue weighted by Gasteiger charge is -2.24. The van der Waals surface area contributed by atoms with Crippen LogP contribution in [0.25, 0.3) is 0 Å². The lowest BCUT2D eigenvalue weighted by atomic mass is 10.1. The van der Waals surface area contributed by atoms with Crippen LogP contribution in [0.1, 0.15) is 18.1 Å². The number of hydrogen-bond donors (Lipinski definition) is 1. The van der Waals surface area contributed by atoms with E-state index in [1.54, 1.807) is 36.4 Å². The number of sulfonamides is 1. The van der Waals surface area contributed by atoms with Gasteiger partial charge in [0.25, 0.3) is 15.7 Å². The Morgan fingerprint density at radius 1 is 1.06 bits per heavy atom. The van der Waals surface area contributed by atoms with Gasteiger partial charge in [-0.1, -0.05) is 36.8 Å². The highest BCUT2D eigenvalue weighted by molar-refractivity contribution is 7.92. The smallest absolute Gasteiger partial charge is 0.271 e. The zero-order valence-electron chi connectivity index (χ0n) is 19.0. The van der Waals surface area contributed by atoms with Crippen molar-refractivity contribution >= 4 is 33.0 Å². The Bertz CT molecular complexity index is 1290. The van der Waals surface area contributed by atoms with Crippen LogP contribution in [-0.2, 0) is 21.2 Å². The molecule has 10 heteroatoms. The van der Waals surface area contributed by atoms with E-state index in [-0.39, 0.29) is 22.0 Å². The molecule has 0 aliphatic rings. The molecule has 0 aliphatic carbocycles. The molecule has 1 N–H and O–H groups in total. The third-order valence-corrected chi connectivity index (χ3v) is 6.98. The summed E-state index contributed by atoms with van der Waals surface area (Å²) in [7, 11) is -2.72. The Labute approximate surface area is 198 Å². The van der Waals surface area contributed by atoms with Crippen molar-refractivity contribution in [2.45, 2.75) is 25.2 Å². The second kappa shape index (κ2) is 10.3. The Kier molecular flexibility index (Phi) is 7.52. The number of anilines is 2. The molecule has 178 valence electrons. The number of hydrogen-bond acceptors (Lipinski definition) is 6. The number of aryl methyl sites for hydroxylation is 2. The van der Waals surface area contributed by atoms with Crippen molar-refractivity contribution in [3.63, 3.8) is 0 Å². The third kappa shape index (κ3) is 5.52. The minimum atomic E-state index is -4.08. The standard InChI is InChI=1S/C24H25N3O6S/c1-4-18-7-9-19(10-8-18)26(34(31,32)21-12-5-17(2)6-13-21)16-24(28)25-22-15-20(27(29)30)11-14-23(22)33-3/h5-15H,4,16H2,1-3H3,(H,25,28). The molecule has 0 fully saturated rings. The first-order chi connectivity index (χ1) is 16.1. The van der Waals surface area contributed by atoms with Crippen LogP contribution in [0.5, 0.6) is 5.75 Å². The van der Waals surface area contributed by atoms with Gasteiger partial charge in [0.1, 0.15) is 12.3 Å². The van der Waals surface area contributed by atoms with Crippen molar-refractivity contribution in [3.05, 3.63) is 88.0 Å². The van der Waals surface area contributed by atoms with Gasteiger partial charge >= 0.3 is 0 Å². The van der Waals surface area contributed by atoms with Crippen LogP contribution in [0.3, 0.4) is 0 Å². The van der Waals surface area contributed by atoms with Crippen molar-refractivity contribution in [1.29, 1.82) is 0 Å². The first-order valence-electron chi connectivity index (χ1n) is 10.5. The van der Waals surface area contributed by atoms with Crippen LogP contribution >= 0.6 is 0 Å². The predicted octanol–water partition coefficient (Wildman–Crippen LogP) is 4.31. The fourth-order valence-corrected chi connectivity index (χ4v) is 4.70. The zero-order chi connectivity index (χ0) is 24.9. The van der Waals surface area contributed by atoms with E-state index in [1.807, 2.05) is 13.8 Å². The lowest BCUT2D eigenvalue weighted by molar-refractivity contribution is -0.384. The van der Waals surface area contributed by atoms with Gasteiger partial charge in [-0.3, -0.25) is 19.2 Å². The fraction of sp³-hybridized carbons (Fsp3) is 0.208. The molecule has 3 aromatic rings. The topological polar surface area (TPSA) is 119 Å². The molecule has 0 heterocycles. The Morgan fingerprint density at radius 2 is 1.71 bits per heavy atom. The summed E-state index contributed by atoms with van der Waals surface area (Å²) in [5.41, 5.74) is 2.06. The molecule has 1 amide bonds. The zero-order valence-corrected chi connectivity index (χ0v) is 19.8. The molecule has 0 atom stereocenters. The van der Waals surface area contributed by atoms with Crippen LogP contribution in [-0.4, -0.2) is 32.9 Å².